The highest BCUT2D eigenvalue weighted by Crippen LogP contribution is 2.31. The number of piperidine rings is 1. The summed E-state index contributed by atoms with van der Waals surface area (Å²) in [6.07, 6.45) is 0.155. The highest BCUT2D eigenvalue weighted by molar-refractivity contribution is 7.99. The average Bonchev–Trinajstić information content (AvgIpc) is 2.77. The lowest BCUT2D eigenvalue weighted by Gasteiger charge is -2.43. The molecule has 0 spiro atoms. The van der Waals surface area contributed by atoms with Gasteiger partial charge in [-0.2, -0.15) is 0 Å². The predicted molar refractivity (Wildman–Crippen MR) is 119 cm³/mol. The van der Waals surface area contributed by atoms with Gasteiger partial charge < -0.3 is 30.3 Å². The molecule has 0 radical (unpaired) electrons. The number of hydrogen-bond acceptors (Lipinski definition) is 7. The minimum Gasteiger partial charge on any atom is -0.388 e. The number of ether oxygens (including phenoxy) is 1. The first kappa shape index (κ1) is 23.6. The van der Waals surface area contributed by atoms with E-state index in [0.717, 1.165) is 31.6 Å². The maximum Gasteiger partial charge on any atom is 0.253 e. The molecule has 1 aromatic carbocycles. The number of amides is 1. The van der Waals surface area contributed by atoms with Crippen LogP contribution in [0.2, 0.25) is 0 Å². The quantitative estimate of drug-likeness (QED) is 0.480. The van der Waals surface area contributed by atoms with Crippen molar-refractivity contribution in [1.82, 2.24) is 5.32 Å². The van der Waals surface area contributed by atoms with Crippen LogP contribution in [-0.4, -0.2) is 81.8 Å². The van der Waals surface area contributed by atoms with Crippen molar-refractivity contribution in [3.63, 3.8) is 0 Å². The zero-order valence-corrected chi connectivity index (χ0v) is 18.9. The van der Waals surface area contributed by atoms with E-state index < -0.39 is 41.3 Å². The number of rotatable bonds is 6. The van der Waals surface area contributed by atoms with Crippen LogP contribution in [0, 0.1) is 0 Å². The zero-order valence-electron chi connectivity index (χ0n) is 17.3. The van der Waals surface area contributed by atoms with Gasteiger partial charge in [-0.25, -0.2) is 0 Å². The molecule has 0 saturated carbocycles. The Labute approximate surface area is 186 Å². The summed E-state index contributed by atoms with van der Waals surface area (Å²) in [4.78, 5) is 15.4. The Hall–Kier alpha value is -1.03. The number of carbonyl (C=O) groups is 1. The van der Waals surface area contributed by atoms with Gasteiger partial charge in [-0.1, -0.05) is 12.1 Å². The fourth-order valence-corrected chi connectivity index (χ4v) is 5.01. The molecular weight excluding hydrogens is 428 g/mol. The number of carbonyl (C=O) groups excluding carboxylic acids is 1. The summed E-state index contributed by atoms with van der Waals surface area (Å²) in [5.74, 6) is -0.314. The number of alkyl halides is 1. The van der Waals surface area contributed by atoms with Crippen molar-refractivity contribution in [1.29, 1.82) is 0 Å². The maximum atomic E-state index is 13.2. The Morgan fingerprint density at radius 2 is 1.83 bits per heavy atom. The lowest BCUT2D eigenvalue weighted by atomic mass is 9.93. The van der Waals surface area contributed by atoms with Gasteiger partial charge >= 0.3 is 0 Å². The predicted octanol–water partition coefficient (Wildman–Crippen LogP) is 1.57. The maximum absolute atomic E-state index is 13.2. The number of benzene rings is 1. The van der Waals surface area contributed by atoms with E-state index in [-0.39, 0.29) is 5.91 Å². The van der Waals surface area contributed by atoms with Crippen molar-refractivity contribution in [2.75, 3.05) is 24.2 Å². The molecule has 1 aromatic rings. The van der Waals surface area contributed by atoms with Gasteiger partial charge in [-0.05, 0) is 44.6 Å². The van der Waals surface area contributed by atoms with Crippen LogP contribution in [0.1, 0.15) is 36.5 Å². The van der Waals surface area contributed by atoms with E-state index in [9.17, 15) is 20.1 Å². The van der Waals surface area contributed by atoms with Crippen LogP contribution in [0.5, 0.6) is 0 Å². The molecule has 4 N–H and O–H groups in total. The van der Waals surface area contributed by atoms with Crippen LogP contribution >= 0.6 is 23.4 Å². The molecule has 7 atom stereocenters. The first-order valence-electron chi connectivity index (χ1n) is 10.4. The van der Waals surface area contributed by atoms with Crippen LogP contribution in [-0.2, 0) is 4.74 Å². The van der Waals surface area contributed by atoms with Crippen LogP contribution in [0.15, 0.2) is 24.3 Å². The van der Waals surface area contributed by atoms with Gasteiger partial charge in [-0.3, -0.25) is 4.79 Å². The summed E-state index contributed by atoms with van der Waals surface area (Å²) in [7, 11) is 0. The summed E-state index contributed by atoms with van der Waals surface area (Å²) in [6.45, 7) is 3.51. The fourth-order valence-electron chi connectivity index (χ4n) is 4.13. The molecule has 0 aromatic heterocycles. The van der Waals surface area contributed by atoms with Gasteiger partial charge in [-0.15, -0.1) is 23.4 Å². The summed E-state index contributed by atoms with van der Waals surface area (Å²) in [5.41, 5.74) is 0.677. The van der Waals surface area contributed by atoms with Crippen molar-refractivity contribution in [3.05, 3.63) is 29.8 Å². The van der Waals surface area contributed by atoms with Crippen LogP contribution < -0.4 is 10.2 Å². The van der Waals surface area contributed by atoms with Gasteiger partial charge in [0.05, 0.1) is 17.0 Å². The number of anilines is 1. The fraction of sp³-hybridized carbons (Fsp3) is 0.667. The molecule has 1 unspecified atom stereocenters. The van der Waals surface area contributed by atoms with E-state index in [1.807, 2.05) is 18.2 Å². The number of hydrogen-bond donors (Lipinski definition) is 4. The lowest BCUT2D eigenvalue weighted by Crippen LogP contribution is -2.64. The molecule has 2 aliphatic rings. The number of aliphatic hydroxyl groups excluding tert-OH is 3. The lowest BCUT2D eigenvalue weighted by molar-refractivity contribution is -0.204. The zero-order chi connectivity index (χ0) is 21.8. The molecule has 0 bridgehead atoms. The SMILES string of the molecule is CS[C@H]1OC([C@@H](NC(=O)c2ccccc2N2CCCCC2)[C@H](C)Cl)[C@H](O)[C@H](O)[C@H]1O. The summed E-state index contributed by atoms with van der Waals surface area (Å²) in [5, 5.41) is 33.2. The number of aliphatic hydroxyl groups is 3. The normalized spacial score (nSPS) is 31.8. The Kier molecular flexibility index (Phi) is 8.29. The Balaban J connectivity index is 1.81. The summed E-state index contributed by atoms with van der Waals surface area (Å²) >= 11 is 7.59. The molecular formula is C21H31ClN2O5S. The third-order valence-electron chi connectivity index (χ3n) is 5.83. The van der Waals surface area contributed by atoms with E-state index in [1.54, 1.807) is 19.2 Å². The van der Waals surface area contributed by atoms with E-state index in [4.69, 9.17) is 16.3 Å². The number of thioether (sulfide) groups is 1. The average molecular weight is 459 g/mol. The molecule has 2 fully saturated rings. The van der Waals surface area contributed by atoms with Crippen molar-refractivity contribution in [3.8, 4) is 0 Å². The molecule has 9 heteroatoms. The second-order valence-corrected chi connectivity index (χ2v) is 9.54. The van der Waals surface area contributed by atoms with Crippen molar-refractivity contribution >= 4 is 35.0 Å². The van der Waals surface area contributed by atoms with Gasteiger partial charge in [0.25, 0.3) is 5.91 Å². The first-order valence-corrected chi connectivity index (χ1v) is 12.1. The second-order valence-electron chi connectivity index (χ2n) is 7.92. The van der Waals surface area contributed by atoms with Crippen molar-refractivity contribution in [2.45, 2.75) is 67.5 Å². The minimum absolute atomic E-state index is 0.314. The summed E-state index contributed by atoms with van der Waals surface area (Å²) in [6, 6.07) is 6.68. The number of para-hydroxylation sites is 1. The molecule has 30 heavy (non-hydrogen) atoms. The van der Waals surface area contributed by atoms with Crippen LogP contribution in [0.4, 0.5) is 5.69 Å². The smallest absolute Gasteiger partial charge is 0.253 e. The summed E-state index contributed by atoms with van der Waals surface area (Å²) < 4.78 is 5.83. The highest BCUT2D eigenvalue weighted by Gasteiger charge is 2.47. The van der Waals surface area contributed by atoms with E-state index in [1.165, 1.54) is 18.2 Å². The van der Waals surface area contributed by atoms with Gasteiger partial charge in [0.15, 0.2) is 0 Å². The highest BCUT2D eigenvalue weighted by atomic mass is 35.5. The Bertz CT molecular complexity index is 716. The number of nitrogens with one attached hydrogen (secondary N) is 1. The van der Waals surface area contributed by atoms with Gasteiger partial charge in [0, 0.05) is 18.8 Å². The van der Waals surface area contributed by atoms with E-state index in [0.29, 0.717) is 5.56 Å². The topological polar surface area (TPSA) is 102 Å². The molecule has 2 heterocycles. The molecule has 0 aliphatic carbocycles. The minimum atomic E-state index is -1.39. The number of nitrogens with zero attached hydrogens (tertiary/aromatic N) is 1. The van der Waals surface area contributed by atoms with Crippen molar-refractivity contribution in [2.24, 2.45) is 0 Å². The standard InChI is InChI=1S/C21H31ClN2O5S/c1-12(22)15(19-17(26)16(25)18(27)21(29-19)30-2)23-20(28)13-8-4-5-9-14(13)24-10-6-3-7-11-24/h4-5,8-9,12,15-19,21,25-27H,3,6-7,10-11H2,1-2H3,(H,23,28)/t12-,15-,16-,17+,18+,19?,21+/m0/s1. The third kappa shape index (κ3) is 5.06. The molecule has 7 nitrogen and oxygen atoms in total. The van der Waals surface area contributed by atoms with E-state index >= 15 is 0 Å². The van der Waals surface area contributed by atoms with Crippen LogP contribution in [0.25, 0.3) is 0 Å². The second kappa shape index (κ2) is 10.5. The largest absolute Gasteiger partial charge is 0.388 e. The third-order valence-corrected chi connectivity index (χ3v) is 6.96. The molecule has 2 aliphatic heterocycles. The Morgan fingerprint density at radius 3 is 2.47 bits per heavy atom. The molecule has 168 valence electrons. The Morgan fingerprint density at radius 1 is 1.17 bits per heavy atom. The molecule has 2 saturated heterocycles. The van der Waals surface area contributed by atoms with Crippen LogP contribution in [0.3, 0.4) is 0 Å². The first-order chi connectivity index (χ1) is 14.3. The molecule has 1 amide bonds. The number of halogens is 1. The van der Waals surface area contributed by atoms with Crippen molar-refractivity contribution < 1.29 is 24.9 Å². The molecule has 3 rings (SSSR count). The van der Waals surface area contributed by atoms with E-state index in [2.05, 4.69) is 10.2 Å². The monoisotopic (exact) mass is 458 g/mol. The van der Waals surface area contributed by atoms with Gasteiger partial charge in [0.2, 0.25) is 0 Å². The van der Waals surface area contributed by atoms with Gasteiger partial charge in [0.1, 0.15) is 29.9 Å².